The molecule has 0 aliphatic heterocycles. The van der Waals surface area contributed by atoms with E-state index in [1.165, 1.54) is 11.5 Å². The van der Waals surface area contributed by atoms with Gasteiger partial charge in [0.05, 0.1) is 18.8 Å². The maximum absolute atomic E-state index is 13.4. The first-order valence-corrected chi connectivity index (χ1v) is 9.97. The zero-order chi connectivity index (χ0) is 22.8. The quantitative estimate of drug-likeness (QED) is 0.502. The number of carbonyl (C=O) groups excluding carboxylic acids is 1. The van der Waals surface area contributed by atoms with E-state index in [4.69, 9.17) is 4.74 Å². The number of methoxy groups -OCH3 is 1. The van der Waals surface area contributed by atoms with Crippen molar-refractivity contribution >= 4 is 22.7 Å². The smallest absolute Gasteiger partial charge is 0.333 e. The van der Waals surface area contributed by atoms with E-state index in [-0.39, 0.29) is 16.9 Å². The lowest BCUT2D eigenvalue weighted by Gasteiger charge is -2.13. The molecule has 3 heterocycles. The fourth-order valence-corrected chi connectivity index (χ4v) is 4.00. The van der Waals surface area contributed by atoms with E-state index >= 15 is 0 Å². The zero-order valence-corrected chi connectivity index (χ0v) is 18.7. The Kier molecular flexibility index (Phi) is 4.64. The molecule has 0 saturated carbocycles. The number of aromatic nitrogens is 5. The third kappa shape index (κ3) is 2.76. The molecule has 1 atom stereocenters. The van der Waals surface area contributed by atoms with Crippen molar-refractivity contribution in [3.05, 3.63) is 56.0 Å². The van der Waals surface area contributed by atoms with Gasteiger partial charge in [-0.25, -0.2) is 9.36 Å². The second-order valence-corrected chi connectivity index (χ2v) is 7.90. The number of carbonyl (C=O) groups is 1. The lowest BCUT2D eigenvalue weighted by Crippen LogP contribution is -2.42. The molecule has 0 bridgehead atoms. The molecule has 0 unspecified atom stereocenters. The molecule has 9 nitrogen and oxygen atoms in total. The summed E-state index contributed by atoms with van der Waals surface area (Å²) in [6, 6.07) is 4.95. The third-order valence-electron chi connectivity index (χ3n) is 6.02. The molecule has 9 heteroatoms. The van der Waals surface area contributed by atoms with Crippen LogP contribution in [0.5, 0.6) is 5.75 Å². The molecule has 0 amide bonds. The first-order chi connectivity index (χ1) is 14.6. The molecule has 0 aliphatic rings. The Labute approximate surface area is 178 Å². The largest absolute Gasteiger partial charge is 0.495 e. The highest BCUT2D eigenvalue weighted by atomic mass is 16.5. The summed E-state index contributed by atoms with van der Waals surface area (Å²) in [5.74, 6) is 0.887. The normalized spacial score (nSPS) is 12.6. The van der Waals surface area contributed by atoms with Crippen molar-refractivity contribution in [1.82, 2.24) is 23.1 Å². The number of hydrogen-bond donors (Lipinski definition) is 0. The van der Waals surface area contributed by atoms with Crippen LogP contribution in [0.25, 0.3) is 22.6 Å². The Morgan fingerprint density at radius 1 is 1.13 bits per heavy atom. The van der Waals surface area contributed by atoms with Crippen LogP contribution in [0.2, 0.25) is 0 Å². The molecular formula is C22H25N5O4. The Morgan fingerprint density at radius 3 is 2.42 bits per heavy atom. The number of benzene rings is 1. The van der Waals surface area contributed by atoms with Gasteiger partial charge in [0.2, 0.25) is 5.78 Å². The third-order valence-corrected chi connectivity index (χ3v) is 6.02. The first-order valence-electron chi connectivity index (χ1n) is 9.97. The Morgan fingerprint density at radius 2 is 1.81 bits per heavy atom. The van der Waals surface area contributed by atoms with E-state index in [1.807, 2.05) is 43.5 Å². The lowest BCUT2D eigenvalue weighted by molar-refractivity contribution is -0.119. The van der Waals surface area contributed by atoms with Crippen molar-refractivity contribution in [2.45, 2.75) is 40.7 Å². The van der Waals surface area contributed by atoms with E-state index in [1.54, 1.807) is 25.5 Å². The molecule has 31 heavy (non-hydrogen) atoms. The number of nitrogens with zero attached hydrogens (tertiary/aromatic N) is 5. The van der Waals surface area contributed by atoms with Gasteiger partial charge in [0, 0.05) is 18.4 Å². The van der Waals surface area contributed by atoms with Gasteiger partial charge in [-0.1, -0.05) is 6.07 Å². The van der Waals surface area contributed by atoms with Crippen LogP contribution in [0.15, 0.2) is 27.8 Å². The summed E-state index contributed by atoms with van der Waals surface area (Å²) in [6.07, 6.45) is 0. The molecule has 3 aromatic heterocycles. The predicted molar refractivity (Wildman–Crippen MR) is 118 cm³/mol. The number of imidazole rings is 2. The van der Waals surface area contributed by atoms with Crippen LogP contribution in [0.1, 0.15) is 36.8 Å². The van der Waals surface area contributed by atoms with Crippen molar-refractivity contribution < 1.29 is 9.53 Å². The number of aryl methyl sites for hydroxylation is 3. The summed E-state index contributed by atoms with van der Waals surface area (Å²) in [6.45, 7) is 8.74. The first kappa shape index (κ1) is 20.6. The van der Waals surface area contributed by atoms with Crippen molar-refractivity contribution in [2.75, 3.05) is 7.11 Å². The van der Waals surface area contributed by atoms with Gasteiger partial charge in [0.25, 0.3) is 5.56 Å². The van der Waals surface area contributed by atoms with Gasteiger partial charge >= 0.3 is 5.69 Å². The van der Waals surface area contributed by atoms with Gasteiger partial charge in [0.1, 0.15) is 5.75 Å². The number of hydrogen-bond acceptors (Lipinski definition) is 5. The second-order valence-electron chi connectivity index (χ2n) is 7.90. The summed E-state index contributed by atoms with van der Waals surface area (Å²) >= 11 is 0. The number of fused-ring (bicyclic) bond motifs is 3. The standard InChI is InChI=1S/C22H25N5O4/c1-11-8-9-17(31-7)16(10-11)25-12(2)13(3)26-18-19(23-21(25)26)24(6)22(30)27(20(18)29)14(4)15(5)28/h8-10,14H,1-7H3/t14-/m1/s1. The van der Waals surface area contributed by atoms with Crippen LogP contribution < -0.4 is 16.0 Å². The molecule has 162 valence electrons. The molecule has 4 aromatic rings. The highest BCUT2D eigenvalue weighted by Crippen LogP contribution is 2.30. The van der Waals surface area contributed by atoms with Gasteiger partial charge in [-0.15, -0.1) is 0 Å². The average Bonchev–Trinajstić information content (AvgIpc) is 3.22. The number of rotatable bonds is 4. The SMILES string of the molecule is COc1ccc(C)cc1-n1c(C)c(C)n2c3c(=O)n([C@H](C)C(C)=O)c(=O)n(C)c3nc12. The van der Waals surface area contributed by atoms with Crippen LogP contribution in [-0.2, 0) is 11.8 Å². The van der Waals surface area contributed by atoms with E-state index < -0.39 is 17.3 Å². The molecular weight excluding hydrogens is 398 g/mol. The van der Waals surface area contributed by atoms with Crippen LogP contribution in [0.3, 0.4) is 0 Å². The fraction of sp³-hybridized carbons (Fsp3) is 0.364. The lowest BCUT2D eigenvalue weighted by atomic mass is 10.2. The van der Waals surface area contributed by atoms with Crippen molar-refractivity contribution in [3.8, 4) is 11.4 Å². The maximum atomic E-state index is 13.4. The molecule has 0 saturated heterocycles. The van der Waals surface area contributed by atoms with Gasteiger partial charge in [-0.05, 0) is 52.3 Å². The van der Waals surface area contributed by atoms with Crippen LogP contribution in [0, 0.1) is 20.8 Å². The van der Waals surface area contributed by atoms with Gasteiger partial charge in [-0.3, -0.25) is 23.1 Å². The number of ether oxygens (including phenoxy) is 1. The van der Waals surface area contributed by atoms with Gasteiger partial charge < -0.3 is 4.74 Å². The zero-order valence-electron chi connectivity index (χ0n) is 18.7. The maximum Gasteiger partial charge on any atom is 0.333 e. The molecule has 4 rings (SSSR count). The molecule has 0 fully saturated rings. The summed E-state index contributed by atoms with van der Waals surface area (Å²) in [5, 5.41) is 0. The summed E-state index contributed by atoms with van der Waals surface area (Å²) < 4.78 is 11.6. The van der Waals surface area contributed by atoms with Crippen molar-refractivity contribution in [1.29, 1.82) is 0 Å². The monoisotopic (exact) mass is 423 g/mol. The minimum Gasteiger partial charge on any atom is -0.495 e. The van der Waals surface area contributed by atoms with Crippen molar-refractivity contribution in [2.24, 2.45) is 7.05 Å². The predicted octanol–water partition coefficient (Wildman–Crippen LogP) is 2.22. The van der Waals surface area contributed by atoms with E-state index in [0.29, 0.717) is 11.5 Å². The van der Waals surface area contributed by atoms with Crippen molar-refractivity contribution in [3.63, 3.8) is 0 Å². The Hall–Kier alpha value is -3.62. The Balaban J connectivity index is 2.22. The molecule has 0 spiro atoms. The average molecular weight is 423 g/mol. The topological polar surface area (TPSA) is 92.5 Å². The van der Waals surface area contributed by atoms with Crippen LogP contribution in [-0.4, -0.2) is 36.0 Å². The fourth-order valence-electron chi connectivity index (χ4n) is 4.00. The van der Waals surface area contributed by atoms with E-state index in [2.05, 4.69) is 4.98 Å². The highest BCUT2D eigenvalue weighted by Gasteiger charge is 2.26. The van der Waals surface area contributed by atoms with E-state index in [0.717, 1.165) is 27.2 Å². The van der Waals surface area contributed by atoms with E-state index in [9.17, 15) is 14.4 Å². The molecule has 0 N–H and O–H groups in total. The minimum absolute atomic E-state index is 0.260. The highest BCUT2D eigenvalue weighted by molar-refractivity contribution is 5.81. The van der Waals surface area contributed by atoms with Gasteiger partial charge in [0.15, 0.2) is 16.9 Å². The van der Waals surface area contributed by atoms with Crippen LogP contribution >= 0.6 is 0 Å². The second kappa shape index (κ2) is 6.97. The summed E-state index contributed by atoms with van der Waals surface area (Å²) in [7, 11) is 3.16. The summed E-state index contributed by atoms with van der Waals surface area (Å²) in [5.41, 5.74) is 2.93. The molecule has 0 aliphatic carbocycles. The minimum atomic E-state index is -0.874. The number of ketones is 1. The summed E-state index contributed by atoms with van der Waals surface area (Å²) in [4.78, 5) is 43.0. The Bertz CT molecular complexity index is 1500. The molecule has 1 aromatic carbocycles. The van der Waals surface area contributed by atoms with Crippen LogP contribution in [0.4, 0.5) is 0 Å². The molecule has 0 radical (unpaired) electrons. The van der Waals surface area contributed by atoms with Gasteiger partial charge in [-0.2, -0.15) is 4.98 Å². The number of Topliss-reactive ketones (excluding diaryl/α,β-unsaturated/α-hetero) is 1.